The summed E-state index contributed by atoms with van der Waals surface area (Å²) in [6.07, 6.45) is 0. The van der Waals surface area contributed by atoms with Gasteiger partial charge in [-0.1, -0.05) is 0 Å². The van der Waals surface area contributed by atoms with Gasteiger partial charge in [-0.15, -0.1) is 11.3 Å². The molecule has 88 valence electrons. The topological polar surface area (TPSA) is 57.4 Å². The van der Waals surface area contributed by atoms with Gasteiger partial charge in [0.05, 0.1) is 10.7 Å². The number of ether oxygens (including phenoxy) is 2. The van der Waals surface area contributed by atoms with E-state index in [2.05, 4.69) is 4.98 Å². The van der Waals surface area contributed by atoms with Crippen LogP contribution in [0, 0.1) is 6.92 Å². The summed E-state index contributed by atoms with van der Waals surface area (Å²) in [5.41, 5.74) is 7.71. The predicted octanol–water partition coefficient (Wildman–Crippen LogP) is 2.31. The molecule has 1 aliphatic rings. The average molecular weight is 248 g/mol. The third-order valence-electron chi connectivity index (χ3n) is 2.64. The van der Waals surface area contributed by atoms with Gasteiger partial charge in [-0.05, 0) is 25.1 Å². The first-order chi connectivity index (χ1) is 8.28. The van der Waals surface area contributed by atoms with Gasteiger partial charge in [-0.2, -0.15) is 0 Å². The summed E-state index contributed by atoms with van der Waals surface area (Å²) in [5.74, 6) is 1.56. The Balaban J connectivity index is 2.08. The van der Waals surface area contributed by atoms with E-state index < -0.39 is 0 Å². The largest absolute Gasteiger partial charge is 0.454 e. The number of aromatic nitrogens is 1. The van der Waals surface area contributed by atoms with Crippen molar-refractivity contribution in [2.45, 2.75) is 13.5 Å². The lowest BCUT2D eigenvalue weighted by Crippen LogP contribution is -1.95. The van der Waals surface area contributed by atoms with Crippen LogP contribution in [-0.4, -0.2) is 11.8 Å². The molecule has 1 aliphatic heterocycles. The summed E-state index contributed by atoms with van der Waals surface area (Å²) in [5, 5.41) is 1.03. The molecule has 4 nitrogen and oxygen atoms in total. The number of benzene rings is 1. The molecule has 5 heteroatoms. The number of aryl methyl sites for hydroxylation is 1. The zero-order valence-corrected chi connectivity index (χ0v) is 10.2. The Morgan fingerprint density at radius 1 is 1.35 bits per heavy atom. The fourth-order valence-electron chi connectivity index (χ4n) is 1.88. The average Bonchev–Trinajstić information content (AvgIpc) is 2.93. The zero-order valence-electron chi connectivity index (χ0n) is 9.40. The molecule has 0 aliphatic carbocycles. The lowest BCUT2D eigenvalue weighted by atomic mass is 10.1. The molecule has 0 saturated heterocycles. The number of nitrogens with zero attached hydrogens (tertiary/aromatic N) is 1. The third kappa shape index (κ3) is 1.77. The van der Waals surface area contributed by atoms with Crippen LogP contribution in [0.2, 0.25) is 0 Å². The Kier molecular flexibility index (Phi) is 2.49. The van der Waals surface area contributed by atoms with Crippen molar-refractivity contribution in [1.29, 1.82) is 0 Å². The minimum Gasteiger partial charge on any atom is -0.454 e. The van der Waals surface area contributed by atoms with Crippen LogP contribution < -0.4 is 15.2 Å². The van der Waals surface area contributed by atoms with Crippen LogP contribution in [-0.2, 0) is 6.54 Å². The predicted molar refractivity (Wildman–Crippen MR) is 66.3 cm³/mol. The molecule has 2 aromatic rings. The van der Waals surface area contributed by atoms with Gasteiger partial charge < -0.3 is 15.2 Å². The van der Waals surface area contributed by atoms with Crippen molar-refractivity contribution in [2.24, 2.45) is 5.73 Å². The first-order valence-corrected chi connectivity index (χ1v) is 6.16. The van der Waals surface area contributed by atoms with Crippen molar-refractivity contribution in [1.82, 2.24) is 4.98 Å². The standard InChI is InChI=1S/C12H12N2O2S/c1-7-14-12(11(5-13)17-7)8-2-3-9-10(4-8)16-6-15-9/h2-4H,5-6,13H2,1H3. The highest BCUT2D eigenvalue weighted by molar-refractivity contribution is 7.12. The molecule has 0 unspecified atom stereocenters. The van der Waals surface area contributed by atoms with Gasteiger partial charge in [-0.25, -0.2) is 4.98 Å². The van der Waals surface area contributed by atoms with Crippen LogP contribution in [0.15, 0.2) is 18.2 Å². The van der Waals surface area contributed by atoms with E-state index in [9.17, 15) is 0 Å². The normalized spacial score (nSPS) is 13.1. The van der Waals surface area contributed by atoms with Crippen molar-refractivity contribution in [3.63, 3.8) is 0 Å². The van der Waals surface area contributed by atoms with Gasteiger partial charge in [0.15, 0.2) is 11.5 Å². The molecular formula is C12H12N2O2S. The summed E-state index contributed by atoms with van der Waals surface area (Å²) in [6, 6.07) is 5.85. The number of rotatable bonds is 2. The smallest absolute Gasteiger partial charge is 0.231 e. The van der Waals surface area contributed by atoms with Crippen molar-refractivity contribution in [2.75, 3.05) is 6.79 Å². The van der Waals surface area contributed by atoms with Gasteiger partial charge >= 0.3 is 0 Å². The van der Waals surface area contributed by atoms with Crippen LogP contribution >= 0.6 is 11.3 Å². The minimum absolute atomic E-state index is 0.290. The second kappa shape index (κ2) is 4.01. The molecule has 17 heavy (non-hydrogen) atoms. The Hall–Kier alpha value is -1.59. The molecular weight excluding hydrogens is 236 g/mol. The van der Waals surface area contributed by atoms with Crippen LogP contribution in [0.3, 0.4) is 0 Å². The summed E-state index contributed by atoms with van der Waals surface area (Å²) in [4.78, 5) is 5.62. The van der Waals surface area contributed by atoms with Crippen molar-refractivity contribution in [3.8, 4) is 22.8 Å². The Morgan fingerprint density at radius 3 is 3.00 bits per heavy atom. The maximum absolute atomic E-state index is 5.73. The van der Waals surface area contributed by atoms with E-state index in [1.54, 1.807) is 11.3 Å². The van der Waals surface area contributed by atoms with Crippen LogP contribution in [0.4, 0.5) is 0 Å². The first kappa shape index (κ1) is 10.6. The fourth-order valence-corrected chi connectivity index (χ4v) is 2.71. The molecule has 0 atom stereocenters. The molecule has 2 heterocycles. The summed E-state index contributed by atoms with van der Waals surface area (Å²) in [7, 11) is 0. The maximum Gasteiger partial charge on any atom is 0.231 e. The highest BCUT2D eigenvalue weighted by Crippen LogP contribution is 2.37. The SMILES string of the molecule is Cc1nc(-c2ccc3c(c2)OCO3)c(CN)s1. The highest BCUT2D eigenvalue weighted by Gasteiger charge is 2.16. The molecule has 0 radical (unpaired) electrons. The molecule has 1 aromatic carbocycles. The van der Waals surface area contributed by atoms with Gasteiger partial charge in [0.1, 0.15) is 0 Å². The van der Waals surface area contributed by atoms with Gasteiger partial charge in [0.25, 0.3) is 0 Å². The van der Waals surface area contributed by atoms with Gasteiger partial charge in [0.2, 0.25) is 6.79 Å². The van der Waals surface area contributed by atoms with E-state index in [4.69, 9.17) is 15.2 Å². The lowest BCUT2D eigenvalue weighted by Gasteiger charge is -2.02. The number of nitrogens with two attached hydrogens (primary N) is 1. The molecule has 0 spiro atoms. The van der Waals surface area contributed by atoms with E-state index in [1.165, 1.54) is 0 Å². The van der Waals surface area contributed by atoms with Crippen LogP contribution in [0.5, 0.6) is 11.5 Å². The molecule has 2 N–H and O–H groups in total. The van der Waals surface area contributed by atoms with Crippen molar-refractivity contribution >= 4 is 11.3 Å². The molecule has 0 amide bonds. The lowest BCUT2D eigenvalue weighted by molar-refractivity contribution is 0.174. The zero-order chi connectivity index (χ0) is 11.8. The highest BCUT2D eigenvalue weighted by atomic mass is 32.1. The van der Waals surface area contributed by atoms with Gasteiger partial charge in [0, 0.05) is 17.0 Å². The second-order valence-electron chi connectivity index (χ2n) is 3.78. The van der Waals surface area contributed by atoms with E-state index in [-0.39, 0.29) is 0 Å². The Morgan fingerprint density at radius 2 is 2.18 bits per heavy atom. The third-order valence-corrected chi connectivity index (χ3v) is 3.63. The summed E-state index contributed by atoms with van der Waals surface area (Å²) in [6.45, 7) is 2.79. The second-order valence-corrected chi connectivity index (χ2v) is 5.06. The maximum atomic E-state index is 5.73. The first-order valence-electron chi connectivity index (χ1n) is 5.34. The molecule has 3 rings (SSSR count). The number of hydrogen-bond acceptors (Lipinski definition) is 5. The number of hydrogen-bond donors (Lipinski definition) is 1. The van der Waals surface area contributed by atoms with E-state index in [0.717, 1.165) is 32.6 Å². The van der Waals surface area contributed by atoms with E-state index >= 15 is 0 Å². The molecule has 0 saturated carbocycles. The minimum atomic E-state index is 0.290. The quantitative estimate of drug-likeness (QED) is 0.886. The molecule has 0 bridgehead atoms. The van der Waals surface area contributed by atoms with E-state index in [0.29, 0.717) is 13.3 Å². The Labute approximate surface area is 103 Å². The van der Waals surface area contributed by atoms with Crippen molar-refractivity contribution < 1.29 is 9.47 Å². The Bertz CT molecular complexity index is 566. The number of thiazole rings is 1. The number of fused-ring (bicyclic) bond motifs is 1. The molecule has 0 fully saturated rings. The molecule has 1 aromatic heterocycles. The van der Waals surface area contributed by atoms with Crippen molar-refractivity contribution in [3.05, 3.63) is 28.1 Å². The van der Waals surface area contributed by atoms with E-state index in [1.807, 2.05) is 25.1 Å². The summed E-state index contributed by atoms with van der Waals surface area (Å²) >= 11 is 1.63. The fraction of sp³-hybridized carbons (Fsp3) is 0.250. The van der Waals surface area contributed by atoms with Crippen LogP contribution in [0.1, 0.15) is 9.88 Å². The van der Waals surface area contributed by atoms with Crippen LogP contribution in [0.25, 0.3) is 11.3 Å². The monoisotopic (exact) mass is 248 g/mol. The van der Waals surface area contributed by atoms with Gasteiger partial charge in [-0.3, -0.25) is 0 Å². The summed E-state index contributed by atoms with van der Waals surface area (Å²) < 4.78 is 10.6.